The van der Waals surface area contributed by atoms with Crippen molar-refractivity contribution in [1.29, 1.82) is 0 Å². The maximum atomic E-state index is 12.4. The highest BCUT2D eigenvalue weighted by Gasteiger charge is 2.14. The van der Waals surface area contributed by atoms with Crippen LogP contribution in [0.4, 0.5) is 8.78 Å². The summed E-state index contributed by atoms with van der Waals surface area (Å²) in [5.74, 6) is 0.251. The minimum atomic E-state index is -2.93. The lowest BCUT2D eigenvalue weighted by Gasteiger charge is -2.12. The fourth-order valence-corrected chi connectivity index (χ4v) is 3.66. The number of nitrogens with one attached hydrogen (secondary N) is 1. The van der Waals surface area contributed by atoms with Gasteiger partial charge in [0.2, 0.25) is 5.91 Å². The Balaban J connectivity index is 1.91. The van der Waals surface area contributed by atoms with E-state index in [9.17, 15) is 13.6 Å². The molecule has 2 rings (SSSR count). The summed E-state index contributed by atoms with van der Waals surface area (Å²) in [6.07, 6.45) is 2.15. The summed E-state index contributed by atoms with van der Waals surface area (Å²) in [5.41, 5.74) is 2.82. The van der Waals surface area contributed by atoms with Crippen molar-refractivity contribution >= 4 is 17.7 Å². The lowest BCUT2D eigenvalue weighted by atomic mass is 10.2. The molecule has 0 radical (unpaired) electrons. The molecular weight excluding hydrogens is 400 g/mol. The van der Waals surface area contributed by atoms with Crippen molar-refractivity contribution in [2.45, 2.75) is 58.5 Å². The number of hydrogen-bond donors (Lipinski definition) is 1. The largest absolute Gasteiger partial charge is 0.493 e. The minimum Gasteiger partial charge on any atom is -0.493 e. The predicted octanol–water partition coefficient (Wildman–Crippen LogP) is 4.32. The summed E-state index contributed by atoms with van der Waals surface area (Å²) >= 11 is 1.40. The molecule has 1 amide bonds. The third-order valence-corrected chi connectivity index (χ3v) is 5.40. The van der Waals surface area contributed by atoms with Gasteiger partial charge in [-0.1, -0.05) is 31.2 Å². The maximum Gasteiger partial charge on any atom is 0.387 e. The summed E-state index contributed by atoms with van der Waals surface area (Å²) in [6.45, 7) is 4.37. The van der Waals surface area contributed by atoms with Crippen LogP contribution in [0.1, 0.15) is 36.7 Å². The van der Waals surface area contributed by atoms with E-state index < -0.39 is 6.61 Å². The number of benzene rings is 1. The molecule has 0 bridgehead atoms. The van der Waals surface area contributed by atoms with E-state index in [1.54, 1.807) is 12.1 Å². The molecule has 2 aromatic rings. The van der Waals surface area contributed by atoms with Gasteiger partial charge < -0.3 is 19.4 Å². The van der Waals surface area contributed by atoms with Gasteiger partial charge in [-0.25, -0.2) is 4.98 Å². The fraction of sp³-hybridized carbons (Fsp3) is 0.500. The lowest BCUT2D eigenvalue weighted by Crippen LogP contribution is -2.24. The number of nitrogens with zero attached hydrogens (tertiary/aromatic N) is 2. The number of imidazole rings is 1. The number of hydrogen-bond acceptors (Lipinski definition) is 5. The molecule has 0 saturated carbocycles. The van der Waals surface area contributed by atoms with Crippen molar-refractivity contribution in [2.75, 3.05) is 12.9 Å². The molecule has 1 aromatic heterocycles. The molecule has 0 fully saturated rings. The monoisotopic (exact) mass is 427 g/mol. The first-order chi connectivity index (χ1) is 13.8. The van der Waals surface area contributed by atoms with Crippen molar-refractivity contribution in [2.24, 2.45) is 0 Å². The van der Waals surface area contributed by atoms with Gasteiger partial charge in [0.15, 0.2) is 16.7 Å². The van der Waals surface area contributed by atoms with Crippen molar-refractivity contribution in [3.05, 3.63) is 35.2 Å². The Labute approximate surface area is 174 Å². The van der Waals surface area contributed by atoms with Crippen molar-refractivity contribution in [3.8, 4) is 11.5 Å². The third-order valence-electron chi connectivity index (χ3n) is 4.42. The second-order valence-electron chi connectivity index (χ2n) is 6.50. The van der Waals surface area contributed by atoms with E-state index in [1.165, 1.54) is 24.9 Å². The number of aromatic nitrogens is 2. The average Bonchev–Trinajstić information content (AvgIpc) is 2.96. The van der Waals surface area contributed by atoms with Crippen LogP contribution in [0.3, 0.4) is 0 Å². The molecule has 0 saturated heterocycles. The molecular formula is C20H27F2N3O3S. The van der Waals surface area contributed by atoms with Crippen molar-refractivity contribution in [3.63, 3.8) is 0 Å². The van der Waals surface area contributed by atoms with Crippen molar-refractivity contribution in [1.82, 2.24) is 14.9 Å². The molecule has 1 aromatic carbocycles. The molecule has 1 heterocycles. The summed E-state index contributed by atoms with van der Waals surface area (Å²) < 4.78 is 36.4. The van der Waals surface area contributed by atoms with Gasteiger partial charge in [0.25, 0.3) is 0 Å². The van der Waals surface area contributed by atoms with Crippen LogP contribution in [-0.2, 0) is 17.9 Å². The number of halogens is 2. The number of aryl methyl sites for hydroxylation is 1. The molecule has 1 N–H and O–H groups in total. The number of alkyl halides is 2. The van der Waals surface area contributed by atoms with Crippen LogP contribution in [0.15, 0.2) is 23.4 Å². The quantitative estimate of drug-likeness (QED) is 0.541. The van der Waals surface area contributed by atoms with Gasteiger partial charge in [0, 0.05) is 18.8 Å². The number of amides is 1. The smallest absolute Gasteiger partial charge is 0.387 e. The van der Waals surface area contributed by atoms with E-state index in [0.717, 1.165) is 41.5 Å². The van der Waals surface area contributed by atoms with Gasteiger partial charge in [-0.05, 0) is 38.0 Å². The van der Waals surface area contributed by atoms with E-state index in [2.05, 4.69) is 26.5 Å². The molecule has 0 aliphatic rings. The van der Waals surface area contributed by atoms with E-state index in [1.807, 2.05) is 13.8 Å². The molecule has 0 atom stereocenters. The Kier molecular flexibility index (Phi) is 8.75. The maximum absolute atomic E-state index is 12.4. The number of carbonyl (C=O) groups excluding carboxylic acids is 1. The highest BCUT2D eigenvalue weighted by atomic mass is 32.2. The third kappa shape index (κ3) is 6.62. The minimum absolute atomic E-state index is 0.0437. The Morgan fingerprint density at radius 1 is 1.31 bits per heavy atom. The fourth-order valence-electron chi connectivity index (χ4n) is 2.71. The highest BCUT2D eigenvalue weighted by molar-refractivity contribution is 7.99. The van der Waals surface area contributed by atoms with Gasteiger partial charge in [-0.3, -0.25) is 4.79 Å². The molecule has 0 aliphatic carbocycles. The lowest BCUT2D eigenvalue weighted by molar-refractivity contribution is -0.118. The first-order valence-corrected chi connectivity index (χ1v) is 10.4. The Bertz CT molecular complexity index is 828. The SMILES string of the molecule is CCCCn1c(SCC(=O)NCc2ccc(OC(F)F)c(OC)c2)nc(C)c1C. The Morgan fingerprint density at radius 3 is 2.72 bits per heavy atom. The van der Waals surface area contributed by atoms with E-state index >= 15 is 0 Å². The second kappa shape index (κ2) is 11.0. The number of thioether (sulfide) groups is 1. The van der Waals surface area contributed by atoms with Crippen LogP contribution < -0.4 is 14.8 Å². The summed E-state index contributed by atoms with van der Waals surface area (Å²) in [4.78, 5) is 16.8. The van der Waals surface area contributed by atoms with Crippen LogP contribution in [0.25, 0.3) is 0 Å². The van der Waals surface area contributed by atoms with Gasteiger partial charge in [-0.15, -0.1) is 0 Å². The molecule has 0 unspecified atom stereocenters. The van der Waals surface area contributed by atoms with Crippen LogP contribution in [-0.4, -0.2) is 34.9 Å². The van der Waals surface area contributed by atoms with Gasteiger partial charge in [0.1, 0.15) is 0 Å². The zero-order valence-corrected chi connectivity index (χ0v) is 17.9. The zero-order chi connectivity index (χ0) is 21.4. The van der Waals surface area contributed by atoms with Gasteiger partial charge in [0.05, 0.1) is 18.6 Å². The summed E-state index contributed by atoms with van der Waals surface area (Å²) in [6, 6.07) is 4.57. The molecule has 9 heteroatoms. The van der Waals surface area contributed by atoms with Crippen LogP contribution in [0, 0.1) is 13.8 Å². The Hall–Kier alpha value is -2.29. The van der Waals surface area contributed by atoms with Crippen molar-refractivity contribution < 1.29 is 23.0 Å². The summed E-state index contributed by atoms with van der Waals surface area (Å²) in [7, 11) is 1.37. The molecule has 0 aliphatic heterocycles. The average molecular weight is 428 g/mol. The second-order valence-corrected chi connectivity index (χ2v) is 7.44. The van der Waals surface area contributed by atoms with Gasteiger partial charge in [-0.2, -0.15) is 8.78 Å². The molecule has 0 spiro atoms. The number of rotatable bonds is 11. The van der Waals surface area contributed by atoms with Gasteiger partial charge >= 0.3 is 6.61 Å². The van der Waals surface area contributed by atoms with E-state index in [-0.39, 0.29) is 29.7 Å². The first-order valence-electron chi connectivity index (χ1n) is 9.40. The van der Waals surface area contributed by atoms with Crippen LogP contribution in [0.5, 0.6) is 11.5 Å². The summed E-state index contributed by atoms with van der Waals surface area (Å²) in [5, 5.41) is 3.67. The normalized spacial score (nSPS) is 11.0. The number of unbranched alkanes of at least 4 members (excludes halogenated alkanes) is 1. The molecule has 160 valence electrons. The number of ether oxygens (including phenoxy) is 2. The van der Waals surface area contributed by atoms with Crippen LogP contribution in [0.2, 0.25) is 0 Å². The zero-order valence-electron chi connectivity index (χ0n) is 17.1. The van der Waals surface area contributed by atoms with Crippen LogP contribution >= 0.6 is 11.8 Å². The topological polar surface area (TPSA) is 65.4 Å². The van der Waals surface area contributed by atoms with E-state index in [0.29, 0.717) is 0 Å². The number of carbonyl (C=O) groups is 1. The number of methoxy groups -OCH3 is 1. The molecule has 6 nitrogen and oxygen atoms in total. The first kappa shape index (κ1) is 23.0. The van der Waals surface area contributed by atoms with E-state index in [4.69, 9.17) is 4.74 Å². The highest BCUT2D eigenvalue weighted by Crippen LogP contribution is 2.29. The molecule has 29 heavy (non-hydrogen) atoms. The Morgan fingerprint density at radius 2 is 2.07 bits per heavy atom. The standard InChI is InChI=1S/C20H27F2N3O3S/c1-5-6-9-25-14(3)13(2)24-20(25)29-12-18(26)23-11-15-7-8-16(28-19(21)22)17(10-15)27-4/h7-8,10,19H,5-6,9,11-12H2,1-4H3,(H,23,26). The predicted molar refractivity (Wildman–Crippen MR) is 109 cm³/mol.